The van der Waals surface area contributed by atoms with Crippen LogP contribution in [0.4, 0.5) is 0 Å². The molecular formula is C33H32IrN2S-2. The fourth-order valence-corrected chi connectivity index (χ4v) is 6.01. The summed E-state index contributed by atoms with van der Waals surface area (Å²) < 4.78 is 1.38. The summed E-state index contributed by atoms with van der Waals surface area (Å²) in [5.74, 6) is 0. The van der Waals surface area contributed by atoms with E-state index in [9.17, 15) is 0 Å². The normalized spacial score (nSPS) is 12.4. The van der Waals surface area contributed by atoms with Crippen LogP contribution < -0.4 is 0 Å². The van der Waals surface area contributed by atoms with Crippen LogP contribution in [0.25, 0.3) is 32.6 Å². The molecule has 0 amide bonds. The van der Waals surface area contributed by atoms with Crippen molar-refractivity contribution in [1.29, 1.82) is 0 Å². The van der Waals surface area contributed by atoms with E-state index >= 15 is 0 Å². The summed E-state index contributed by atoms with van der Waals surface area (Å²) in [5.41, 5.74) is 12.1. The van der Waals surface area contributed by atoms with Crippen molar-refractivity contribution in [1.82, 2.24) is 9.97 Å². The van der Waals surface area contributed by atoms with Crippen LogP contribution in [-0.2, 0) is 32.9 Å². The molecule has 1 radical (unpaired) electrons. The van der Waals surface area contributed by atoms with Crippen molar-refractivity contribution in [2.24, 2.45) is 0 Å². The van der Waals surface area contributed by atoms with Crippen LogP contribution in [0.1, 0.15) is 51.1 Å². The van der Waals surface area contributed by atoms with Gasteiger partial charge in [-0.15, -0.1) is 59.2 Å². The quantitative estimate of drug-likeness (QED) is 0.174. The van der Waals surface area contributed by atoms with Gasteiger partial charge in [-0.3, -0.25) is 0 Å². The zero-order valence-corrected chi connectivity index (χ0v) is 25.4. The van der Waals surface area contributed by atoms with Crippen LogP contribution in [0.5, 0.6) is 0 Å². The predicted octanol–water partition coefficient (Wildman–Crippen LogP) is 8.73. The van der Waals surface area contributed by atoms with E-state index in [4.69, 9.17) is 0 Å². The maximum Gasteiger partial charge on any atom is 0.0192 e. The fraction of sp³-hybridized carbons (Fsp3) is 0.273. The third-order valence-corrected chi connectivity index (χ3v) is 8.49. The predicted molar refractivity (Wildman–Crippen MR) is 153 cm³/mol. The Balaban J connectivity index is 0.000000178. The standard InChI is InChI=1S/C19H18NS.C14H14N.Ir/c1-12-10-17(20-11-13(12)2)16-8-5-7-15-14-6-3-4-9-18(14)21-19(15)16;1-10-4-6-13(7-5-10)14-8-11(2)12(3)9-15-14;/h5,7,10-11H,3-4,6,9H2,1-2H3;4-6,8-9H,1-3H3;/q2*-1;. The molecule has 0 spiro atoms. The molecule has 1 aliphatic rings. The number of fused-ring (bicyclic) bond motifs is 3. The molecule has 0 saturated heterocycles. The molecular weight excluding hydrogens is 649 g/mol. The van der Waals surface area contributed by atoms with Crippen molar-refractivity contribution in [2.45, 2.75) is 60.3 Å². The molecule has 0 unspecified atom stereocenters. The van der Waals surface area contributed by atoms with Gasteiger partial charge in [-0.2, -0.15) is 11.3 Å². The Morgan fingerprint density at radius 2 is 1.43 bits per heavy atom. The molecule has 191 valence electrons. The molecule has 0 atom stereocenters. The minimum absolute atomic E-state index is 0. The SMILES string of the molecule is Cc1c[c-]c(-c2cc(C)c(C)cn2)cc1.Cc1cnc(-c2[c-]ccc3c4c(sc23)CCCC4)cc1C.[Ir]. The Kier molecular flexibility index (Phi) is 8.74. The number of hydrogen-bond acceptors (Lipinski definition) is 3. The van der Waals surface area contributed by atoms with Crippen molar-refractivity contribution < 1.29 is 20.1 Å². The smallest absolute Gasteiger partial charge is 0.0192 e. The number of aryl methyl sites for hydroxylation is 7. The van der Waals surface area contributed by atoms with Gasteiger partial charge >= 0.3 is 0 Å². The average molecular weight is 681 g/mol. The molecule has 2 nitrogen and oxygen atoms in total. The van der Waals surface area contributed by atoms with Gasteiger partial charge in [0.05, 0.1) is 0 Å². The first-order valence-electron chi connectivity index (χ1n) is 12.7. The molecule has 4 heteroatoms. The summed E-state index contributed by atoms with van der Waals surface area (Å²) in [6, 6.07) is 21.4. The summed E-state index contributed by atoms with van der Waals surface area (Å²) in [6.07, 6.45) is 9.03. The summed E-state index contributed by atoms with van der Waals surface area (Å²) in [5, 5.41) is 1.43. The van der Waals surface area contributed by atoms with Crippen molar-refractivity contribution in [2.75, 3.05) is 0 Å². The largest absolute Gasteiger partial charge is 0.304 e. The second kappa shape index (κ2) is 11.8. The first-order chi connectivity index (χ1) is 17.4. The number of rotatable bonds is 2. The molecule has 0 N–H and O–H groups in total. The number of aromatic nitrogens is 2. The molecule has 3 heterocycles. The first kappa shape index (κ1) is 27.4. The number of benzene rings is 2. The minimum Gasteiger partial charge on any atom is -0.304 e. The van der Waals surface area contributed by atoms with E-state index < -0.39 is 0 Å². The molecule has 5 aromatic rings. The summed E-state index contributed by atoms with van der Waals surface area (Å²) in [6.45, 7) is 10.5. The number of hydrogen-bond donors (Lipinski definition) is 0. The van der Waals surface area contributed by atoms with Crippen molar-refractivity contribution in [3.63, 3.8) is 0 Å². The van der Waals surface area contributed by atoms with Crippen molar-refractivity contribution in [3.8, 4) is 22.5 Å². The second-order valence-corrected chi connectivity index (χ2v) is 11.0. The Labute approximate surface area is 238 Å². The molecule has 0 saturated carbocycles. The molecule has 2 aromatic carbocycles. The number of pyridine rings is 2. The van der Waals surface area contributed by atoms with Crippen LogP contribution in [-0.4, -0.2) is 9.97 Å². The molecule has 0 bridgehead atoms. The molecule has 3 aromatic heterocycles. The summed E-state index contributed by atoms with van der Waals surface area (Å²) in [4.78, 5) is 10.6. The van der Waals surface area contributed by atoms with E-state index in [-0.39, 0.29) is 20.1 Å². The van der Waals surface area contributed by atoms with Crippen LogP contribution in [0.2, 0.25) is 0 Å². The van der Waals surface area contributed by atoms with Crippen LogP contribution in [0.3, 0.4) is 0 Å². The first-order valence-corrected chi connectivity index (χ1v) is 13.5. The average Bonchev–Trinajstić information content (AvgIpc) is 3.27. The van der Waals surface area contributed by atoms with Gasteiger partial charge in [0.2, 0.25) is 0 Å². The van der Waals surface area contributed by atoms with E-state index in [0.717, 1.165) is 17.0 Å². The van der Waals surface area contributed by atoms with E-state index in [0.29, 0.717) is 0 Å². The Morgan fingerprint density at radius 3 is 2.11 bits per heavy atom. The van der Waals surface area contributed by atoms with Gasteiger partial charge in [-0.25, -0.2) is 0 Å². The van der Waals surface area contributed by atoms with Crippen molar-refractivity contribution in [3.05, 3.63) is 105 Å². The van der Waals surface area contributed by atoms with Gasteiger partial charge < -0.3 is 9.97 Å². The molecule has 6 rings (SSSR count). The molecule has 0 aliphatic heterocycles. The third kappa shape index (κ3) is 5.93. The number of nitrogens with zero attached hydrogens (tertiary/aromatic N) is 2. The van der Waals surface area contributed by atoms with Gasteiger partial charge in [0.25, 0.3) is 0 Å². The van der Waals surface area contributed by atoms with Crippen LogP contribution in [0, 0.1) is 46.8 Å². The Morgan fingerprint density at radius 1 is 0.757 bits per heavy atom. The van der Waals surface area contributed by atoms with Crippen LogP contribution in [0.15, 0.2) is 54.9 Å². The maximum absolute atomic E-state index is 4.64. The Hall–Kier alpha value is -2.65. The summed E-state index contributed by atoms with van der Waals surface area (Å²) >= 11 is 1.96. The van der Waals surface area contributed by atoms with Crippen molar-refractivity contribution >= 4 is 21.4 Å². The van der Waals surface area contributed by atoms with Gasteiger partial charge in [0.1, 0.15) is 0 Å². The van der Waals surface area contributed by atoms with Gasteiger partial charge in [0.15, 0.2) is 0 Å². The van der Waals surface area contributed by atoms with Gasteiger partial charge in [-0.05, 0) is 91.0 Å². The molecule has 0 fully saturated rings. The van der Waals surface area contributed by atoms with Gasteiger partial charge in [-0.1, -0.05) is 35.6 Å². The van der Waals surface area contributed by atoms with E-state index in [1.54, 1.807) is 10.4 Å². The topological polar surface area (TPSA) is 25.8 Å². The zero-order valence-electron chi connectivity index (χ0n) is 22.2. The maximum atomic E-state index is 4.64. The van der Waals surface area contributed by atoms with Gasteiger partial charge in [0, 0.05) is 32.5 Å². The second-order valence-electron chi connectivity index (χ2n) is 9.89. The minimum atomic E-state index is 0. The van der Waals surface area contributed by atoms with E-state index in [1.807, 2.05) is 29.8 Å². The molecule has 1 aliphatic carbocycles. The van der Waals surface area contributed by atoms with E-state index in [2.05, 4.69) is 93.1 Å². The number of thiophene rings is 1. The molecule has 37 heavy (non-hydrogen) atoms. The zero-order chi connectivity index (χ0) is 25.2. The van der Waals surface area contributed by atoms with E-state index in [1.165, 1.54) is 69.2 Å². The summed E-state index contributed by atoms with van der Waals surface area (Å²) in [7, 11) is 0. The third-order valence-electron chi connectivity index (χ3n) is 7.16. The fourth-order valence-electron chi connectivity index (χ4n) is 4.61. The van der Waals surface area contributed by atoms with Crippen LogP contribution >= 0.6 is 11.3 Å². The Bertz CT molecular complexity index is 1530. The monoisotopic (exact) mass is 681 g/mol.